The van der Waals surface area contributed by atoms with Crippen LogP contribution in [0.5, 0.6) is 0 Å². The maximum Gasteiger partial charge on any atom is 0.157 e. The minimum Gasteiger partial charge on any atom is -0.298 e. The molecule has 0 aromatic carbocycles. The van der Waals surface area contributed by atoms with E-state index in [9.17, 15) is 4.79 Å². The predicted octanol–water partition coefficient (Wildman–Crippen LogP) is 1.66. The zero-order valence-electron chi connectivity index (χ0n) is 8.47. The Morgan fingerprint density at radius 3 is 3.00 bits per heavy atom. The Balaban J connectivity index is 2.30. The normalized spacial score (nSPS) is 15.8. The minimum absolute atomic E-state index is 0.581. The van der Waals surface area contributed by atoms with Gasteiger partial charge in [-0.2, -0.15) is 5.10 Å². The van der Waals surface area contributed by atoms with Crippen molar-refractivity contribution < 1.29 is 4.79 Å². The zero-order chi connectivity index (χ0) is 10.4. The fraction of sp³-hybridized carbons (Fsp3) is 0.364. The molecule has 0 saturated heterocycles. The van der Waals surface area contributed by atoms with Crippen molar-refractivity contribution in [3.05, 3.63) is 23.5 Å². The molecule has 1 aliphatic rings. The molecule has 0 aliphatic heterocycles. The molecule has 0 atom stereocenters. The molecular weight excluding hydrogens is 190 g/mol. The quantitative estimate of drug-likeness (QED) is 0.694. The van der Waals surface area contributed by atoms with Crippen LogP contribution in [0.1, 0.15) is 34.8 Å². The first kappa shape index (κ1) is 8.59. The van der Waals surface area contributed by atoms with Crippen LogP contribution in [0.3, 0.4) is 0 Å². The van der Waals surface area contributed by atoms with Gasteiger partial charge in [-0.25, -0.2) is 4.98 Å². The fourth-order valence-corrected chi connectivity index (χ4v) is 1.91. The monoisotopic (exact) mass is 201 g/mol. The number of aromatic nitrogens is 3. The summed E-state index contributed by atoms with van der Waals surface area (Å²) in [4.78, 5) is 14.9. The number of hydrogen-bond donors (Lipinski definition) is 0. The molecule has 0 spiro atoms. The number of pyridine rings is 1. The maximum absolute atomic E-state index is 10.7. The van der Waals surface area contributed by atoms with Crippen LogP contribution < -0.4 is 0 Å². The van der Waals surface area contributed by atoms with Gasteiger partial charge in [0.1, 0.15) is 0 Å². The molecule has 0 radical (unpaired) electrons. The van der Waals surface area contributed by atoms with Gasteiger partial charge >= 0.3 is 0 Å². The van der Waals surface area contributed by atoms with Crippen molar-refractivity contribution in [2.75, 3.05) is 0 Å². The van der Waals surface area contributed by atoms with Gasteiger partial charge in [0.25, 0.3) is 0 Å². The van der Waals surface area contributed by atoms with Gasteiger partial charge in [0.05, 0.1) is 5.69 Å². The van der Waals surface area contributed by atoms with E-state index in [0.717, 1.165) is 23.0 Å². The molecule has 0 N–H and O–H groups in total. The lowest BCUT2D eigenvalue weighted by atomic mass is 10.1. The summed E-state index contributed by atoms with van der Waals surface area (Å²) in [5.41, 5.74) is 2.59. The minimum atomic E-state index is 0.581. The Bertz CT molecular complexity index is 540. The summed E-state index contributed by atoms with van der Waals surface area (Å²) < 4.78 is 1.79. The Morgan fingerprint density at radius 1 is 1.53 bits per heavy atom. The largest absolute Gasteiger partial charge is 0.298 e. The van der Waals surface area contributed by atoms with Gasteiger partial charge in [0.2, 0.25) is 0 Å². The topological polar surface area (TPSA) is 47.8 Å². The molecule has 2 heterocycles. The average Bonchev–Trinajstić information content (AvgIpc) is 3.04. The number of fused-ring (bicyclic) bond motifs is 1. The van der Waals surface area contributed by atoms with Crippen molar-refractivity contribution in [2.24, 2.45) is 7.05 Å². The van der Waals surface area contributed by atoms with Crippen molar-refractivity contribution in [3.63, 3.8) is 0 Å². The third kappa shape index (κ3) is 1.25. The lowest BCUT2D eigenvalue weighted by Crippen LogP contribution is -1.92. The summed E-state index contributed by atoms with van der Waals surface area (Å²) in [5.74, 6) is 0.581. The van der Waals surface area contributed by atoms with Gasteiger partial charge < -0.3 is 0 Å². The number of aryl methyl sites for hydroxylation is 1. The second kappa shape index (κ2) is 2.89. The molecule has 4 nitrogen and oxygen atoms in total. The number of carbonyl (C=O) groups excluding carboxylic acids is 1. The van der Waals surface area contributed by atoms with E-state index in [4.69, 9.17) is 0 Å². The molecule has 0 unspecified atom stereocenters. The Hall–Kier alpha value is -1.71. The number of hydrogen-bond acceptors (Lipinski definition) is 3. The van der Waals surface area contributed by atoms with Gasteiger partial charge in [-0.3, -0.25) is 9.48 Å². The third-order valence-corrected chi connectivity index (χ3v) is 2.83. The highest BCUT2D eigenvalue weighted by atomic mass is 16.1. The van der Waals surface area contributed by atoms with Crippen LogP contribution in [0, 0.1) is 0 Å². The number of carbonyl (C=O) groups is 1. The van der Waals surface area contributed by atoms with E-state index >= 15 is 0 Å². The van der Waals surface area contributed by atoms with E-state index in [1.165, 1.54) is 12.8 Å². The van der Waals surface area contributed by atoms with Crippen LogP contribution in [0.2, 0.25) is 0 Å². The van der Waals surface area contributed by atoms with Gasteiger partial charge in [-0.1, -0.05) is 0 Å². The Labute approximate surface area is 86.9 Å². The maximum atomic E-state index is 10.7. The van der Waals surface area contributed by atoms with Gasteiger partial charge in [0.15, 0.2) is 11.9 Å². The Morgan fingerprint density at radius 2 is 2.33 bits per heavy atom. The molecule has 15 heavy (non-hydrogen) atoms. The van der Waals surface area contributed by atoms with E-state index in [1.807, 2.05) is 13.1 Å². The van der Waals surface area contributed by atoms with Crippen LogP contribution in [-0.2, 0) is 7.05 Å². The highest BCUT2D eigenvalue weighted by Gasteiger charge is 2.29. The van der Waals surface area contributed by atoms with Gasteiger partial charge in [-0.05, 0) is 18.9 Å². The highest BCUT2D eigenvalue weighted by Crippen LogP contribution is 2.42. The van der Waals surface area contributed by atoms with Crippen molar-refractivity contribution >= 4 is 17.3 Å². The lowest BCUT2D eigenvalue weighted by Gasteiger charge is -1.93. The van der Waals surface area contributed by atoms with Crippen molar-refractivity contribution in [3.8, 4) is 0 Å². The van der Waals surface area contributed by atoms with Crippen molar-refractivity contribution in [2.45, 2.75) is 18.8 Å². The summed E-state index contributed by atoms with van der Waals surface area (Å²) in [6.07, 6.45) is 4.83. The smallest absolute Gasteiger partial charge is 0.157 e. The first-order chi connectivity index (χ1) is 7.29. The molecule has 1 fully saturated rings. The highest BCUT2D eigenvalue weighted by molar-refractivity contribution is 5.86. The number of nitrogens with zero attached hydrogens (tertiary/aromatic N) is 3. The summed E-state index contributed by atoms with van der Waals surface area (Å²) in [7, 11) is 1.89. The van der Waals surface area contributed by atoms with Crippen LogP contribution in [0.4, 0.5) is 0 Å². The van der Waals surface area contributed by atoms with Gasteiger partial charge in [-0.15, -0.1) is 0 Å². The summed E-state index contributed by atoms with van der Waals surface area (Å²) >= 11 is 0. The van der Waals surface area contributed by atoms with E-state index < -0.39 is 0 Å². The predicted molar refractivity (Wildman–Crippen MR) is 55.9 cm³/mol. The zero-order valence-corrected chi connectivity index (χ0v) is 8.47. The first-order valence-corrected chi connectivity index (χ1v) is 5.07. The van der Waals surface area contributed by atoms with E-state index in [2.05, 4.69) is 10.1 Å². The standard InChI is InChI=1S/C11H11N3O/c1-14-11-9(4-7(6-15)5-12-11)10(13-14)8-2-3-8/h4-6,8H,2-3H2,1H3. The van der Waals surface area contributed by atoms with E-state index in [1.54, 1.807) is 10.9 Å². The summed E-state index contributed by atoms with van der Waals surface area (Å²) in [6.45, 7) is 0. The van der Waals surface area contributed by atoms with Crippen molar-refractivity contribution in [1.82, 2.24) is 14.8 Å². The van der Waals surface area contributed by atoms with E-state index in [-0.39, 0.29) is 0 Å². The third-order valence-electron chi connectivity index (χ3n) is 2.83. The fourth-order valence-electron chi connectivity index (χ4n) is 1.91. The van der Waals surface area contributed by atoms with Gasteiger partial charge in [0, 0.05) is 30.1 Å². The summed E-state index contributed by atoms with van der Waals surface area (Å²) in [5, 5.41) is 5.50. The molecule has 2 aromatic rings. The molecule has 76 valence electrons. The van der Waals surface area contributed by atoms with Crippen LogP contribution in [-0.4, -0.2) is 21.1 Å². The first-order valence-electron chi connectivity index (χ1n) is 5.07. The lowest BCUT2D eigenvalue weighted by molar-refractivity contribution is 0.112. The molecule has 0 amide bonds. The van der Waals surface area contributed by atoms with Crippen LogP contribution >= 0.6 is 0 Å². The number of rotatable bonds is 2. The molecule has 1 saturated carbocycles. The molecule has 1 aliphatic carbocycles. The van der Waals surface area contributed by atoms with Crippen LogP contribution in [0.15, 0.2) is 12.3 Å². The second-order valence-corrected chi connectivity index (χ2v) is 4.04. The summed E-state index contributed by atoms with van der Waals surface area (Å²) in [6, 6.07) is 1.88. The SMILES string of the molecule is Cn1nc(C2CC2)c2cc(C=O)cnc21. The van der Waals surface area contributed by atoms with Crippen LogP contribution in [0.25, 0.3) is 11.0 Å². The van der Waals surface area contributed by atoms with E-state index in [0.29, 0.717) is 11.5 Å². The molecule has 2 aromatic heterocycles. The molecular formula is C11H11N3O. The number of aldehydes is 1. The molecule has 4 heteroatoms. The molecule has 3 rings (SSSR count). The second-order valence-electron chi connectivity index (χ2n) is 4.04. The average molecular weight is 201 g/mol. The Kier molecular flexibility index (Phi) is 1.65. The van der Waals surface area contributed by atoms with Crippen molar-refractivity contribution in [1.29, 1.82) is 0 Å². The molecule has 0 bridgehead atoms.